The lowest BCUT2D eigenvalue weighted by atomic mass is 10.4. The van der Waals surface area contributed by atoms with Gasteiger partial charge in [-0.25, -0.2) is 4.98 Å². The zero-order chi connectivity index (χ0) is 14.4. The Morgan fingerprint density at radius 2 is 2.10 bits per heavy atom. The maximum absolute atomic E-state index is 11.6. The summed E-state index contributed by atoms with van der Waals surface area (Å²) in [5.74, 6) is 1.31. The molecule has 20 heavy (non-hydrogen) atoms. The summed E-state index contributed by atoms with van der Waals surface area (Å²) in [6.07, 6.45) is 0. The van der Waals surface area contributed by atoms with Crippen LogP contribution < -0.4 is 10.9 Å². The van der Waals surface area contributed by atoms with Gasteiger partial charge in [-0.15, -0.1) is 11.8 Å². The molecule has 2 aromatic rings. The highest BCUT2D eigenvalue weighted by molar-refractivity contribution is 7.98. The standard InChI is InChI=1S/C14H16ClN3OS/c1-2-16-8-11-7-14(19)18-13(17-11)9-20-12-5-3-10(15)4-6-12/h3-7,16H,2,8-9H2,1H3,(H,17,18,19). The summed E-state index contributed by atoms with van der Waals surface area (Å²) < 4.78 is 0. The maximum atomic E-state index is 11.6. The number of rotatable bonds is 6. The number of nitrogens with zero attached hydrogens (tertiary/aromatic N) is 1. The van der Waals surface area contributed by atoms with Crippen LogP contribution in [0.2, 0.25) is 5.02 Å². The fourth-order valence-electron chi connectivity index (χ4n) is 1.66. The van der Waals surface area contributed by atoms with Gasteiger partial charge < -0.3 is 10.3 Å². The van der Waals surface area contributed by atoms with Gasteiger partial charge >= 0.3 is 0 Å². The number of thioether (sulfide) groups is 1. The van der Waals surface area contributed by atoms with Gasteiger partial charge in [0.25, 0.3) is 5.56 Å². The number of H-pyrrole nitrogens is 1. The van der Waals surface area contributed by atoms with Crippen molar-refractivity contribution < 1.29 is 0 Å². The van der Waals surface area contributed by atoms with E-state index in [1.807, 2.05) is 31.2 Å². The summed E-state index contributed by atoms with van der Waals surface area (Å²) in [5, 5.41) is 3.88. The molecule has 0 aliphatic carbocycles. The third kappa shape index (κ3) is 4.67. The molecule has 0 saturated heterocycles. The highest BCUT2D eigenvalue weighted by Gasteiger charge is 2.02. The number of halogens is 1. The van der Waals surface area contributed by atoms with Gasteiger partial charge in [-0.05, 0) is 30.8 Å². The lowest BCUT2D eigenvalue weighted by Crippen LogP contribution is -2.18. The Balaban J connectivity index is 2.03. The summed E-state index contributed by atoms with van der Waals surface area (Å²) in [5.41, 5.74) is 0.655. The quantitative estimate of drug-likeness (QED) is 0.806. The zero-order valence-corrected chi connectivity index (χ0v) is 12.7. The molecule has 0 bridgehead atoms. The molecule has 0 fully saturated rings. The van der Waals surface area contributed by atoms with E-state index >= 15 is 0 Å². The SMILES string of the molecule is CCNCc1cc(=O)[nH]c(CSc2ccc(Cl)cc2)n1. The Labute approximate surface area is 127 Å². The molecule has 2 N–H and O–H groups in total. The van der Waals surface area contributed by atoms with E-state index in [1.54, 1.807) is 11.8 Å². The average molecular weight is 310 g/mol. The Morgan fingerprint density at radius 3 is 2.80 bits per heavy atom. The monoisotopic (exact) mass is 309 g/mol. The molecule has 0 unspecified atom stereocenters. The number of aromatic nitrogens is 2. The van der Waals surface area contributed by atoms with Crippen molar-refractivity contribution in [2.75, 3.05) is 6.54 Å². The molecule has 0 amide bonds. The van der Waals surface area contributed by atoms with Crippen LogP contribution in [0.25, 0.3) is 0 Å². The molecule has 0 spiro atoms. The van der Waals surface area contributed by atoms with Crippen LogP contribution in [-0.2, 0) is 12.3 Å². The number of nitrogens with one attached hydrogen (secondary N) is 2. The lowest BCUT2D eigenvalue weighted by Gasteiger charge is -2.05. The van der Waals surface area contributed by atoms with Crippen LogP contribution in [0.4, 0.5) is 0 Å². The smallest absolute Gasteiger partial charge is 0.251 e. The minimum absolute atomic E-state index is 0.111. The van der Waals surface area contributed by atoms with Gasteiger partial charge in [-0.2, -0.15) is 0 Å². The van der Waals surface area contributed by atoms with Gasteiger partial charge in [-0.1, -0.05) is 18.5 Å². The van der Waals surface area contributed by atoms with Crippen LogP contribution in [0, 0.1) is 0 Å². The largest absolute Gasteiger partial charge is 0.311 e. The predicted octanol–water partition coefficient (Wildman–Crippen LogP) is 2.83. The van der Waals surface area contributed by atoms with E-state index in [9.17, 15) is 4.79 Å². The fourth-order valence-corrected chi connectivity index (χ4v) is 2.55. The van der Waals surface area contributed by atoms with E-state index in [2.05, 4.69) is 15.3 Å². The van der Waals surface area contributed by atoms with E-state index in [1.165, 1.54) is 6.07 Å². The van der Waals surface area contributed by atoms with E-state index in [-0.39, 0.29) is 5.56 Å². The molecule has 0 aliphatic heterocycles. The third-order valence-electron chi connectivity index (χ3n) is 2.59. The zero-order valence-electron chi connectivity index (χ0n) is 11.1. The molecule has 0 atom stereocenters. The summed E-state index contributed by atoms with van der Waals surface area (Å²) in [4.78, 5) is 19.9. The van der Waals surface area contributed by atoms with Gasteiger partial charge in [0.1, 0.15) is 5.82 Å². The Bertz CT molecular complexity index is 613. The Kier molecular flexibility index (Phi) is 5.64. The first kappa shape index (κ1) is 15.1. The summed E-state index contributed by atoms with van der Waals surface area (Å²) in [6, 6.07) is 9.13. The summed E-state index contributed by atoms with van der Waals surface area (Å²) in [6.45, 7) is 3.48. The third-order valence-corrected chi connectivity index (χ3v) is 3.86. The predicted molar refractivity (Wildman–Crippen MR) is 83.3 cm³/mol. The van der Waals surface area contributed by atoms with Gasteiger partial charge in [0.05, 0.1) is 11.4 Å². The minimum Gasteiger partial charge on any atom is -0.311 e. The maximum Gasteiger partial charge on any atom is 0.251 e. The van der Waals surface area contributed by atoms with Crippen LogP contribution in [0.5, 0.6) is 0 Å². The lowest BCUT2D eigenvalue weighted by molar-refractivity contribution is 0.702. The second-order valence-corrected chi connectivity index (χ2v) is 5.69. The van der Waals surface area contributed by atoms with Crippen molar-refractivity contribution in [3.63, 3.8) is 0 Å². The molecule has 106 valence electrons. The molecule has 2 rings (SSSR count). The van der Waals surface area contributed by atoms with Crippen molar-refractivity contribution in [1.82, 2.24) is 15.3 Å². The number of hydrogen-bond donors (Lipinski definition) is 2. The van der Waals surface area contributed by atoms with Crippen molar-refractivity contribution in [3.05, 3.63) is 57.2 Å². The van der Waals surface area contributed by atoms with E-state index < -0.39 is 0 Å². The van der Waals surface area contributed by atoms with Crippen LogP contribution >= 0.6 is 23.4 Å². The van der Waals surface area contributed by atoms with Gasteiger partial charge in [0.2, 0.25) is 0 Å². The number of hydrogen-bond acceptors (Lipinski definition) is 4. The molecule has 0 aliphatic rings. The first-order valence-corrected chi connectivity index (χ1v) is 7.72. The summed E-state index contributed by atoms with van der Waals surface area (Å²) in [7, 11) is 0. The van der Waals surface area contributed by atoms with E-state index in [0.29, 0.717) is 23.1 Å². The van der Waals surface area contributed by atoms with Gasteiger partial charge in [-0.3, -0.25) is 4.79 Å². The topological polar surface area (TPSA) is 57.8 Å². The molecule has 0 saturated carbocycles. The molecular weight excluding hydrogens is 294 g/mol. The van der Waals surface area contributed by atoms with E-state index in [4.69, 9.17) is 11.6 Å². The van der Waals surface area contributed by atoms with Gasteiger partial charge in [0, 0.05) is 22.5 Å². The van der Waals surface area contributed by atoms with Crippen LogP contribution in [0.3, 0.4) is 0 Å². The fraction of sp³-hybridized carbons (Fsp3) is 0.286. The molecule has 1 heterocycles. The molecule has 6 heteroatoms. The van der Waals surface area contributed by atoms with Crippen molar-refractivity contribution in [2.45, 2.75) is 24.1 Å². The van der Waals surface area contributed by atoms with Crippen LogP contribution in [0.15, 0.2) is 40.0 Å². The Hall–Kier alpha value is -1.30. The second-order valence-electron chi connectivity index (χ2n) is 4.21. The first-order valence-electron chi connectivity index (χ1n) is 6.35. The molecule has 1 aromatic carbocycles. The molecule has 0 radical (unpaired) electrons. The van der Waals surface area contributed by atoms with Crippen LogP contribution in [-0.4, -0.2) is 16.5 Å². The molecule has 4 nitrogen and oxygen atoms in total. The van der Waals surface area contributed by atoms with Crippen molar-refractivity contribution in [3.8, 4) is 0 Å². The van der Waals surface area contributed by atoms with Crippen molar-refractivity contribution in [2.24, 2.45) is 0 Å². The highest BCUT2D eigenvalue weighted by atomic mass is 35.5. The van der Waals surface area contributed by atoms with Crippen molar-refractivity contribution in [1.29, 1.82) is 0 Å². The second kappa shape index (κ2) is 7.47. The summed E-state index contributed by atoms with van der Waals surface area (Å²) >= 11 is 7.45. The minimum atomic E-state index is -0.111. The highest BCUT2D eigenvalue weighted by Crippen LogP contribution is 2.22. The van der Waals surface area contributed by atoms with E-state index in [0.717, 1.165) is 17.1 Å². The molecular formula is C14H16ClN3OS. The number of benzene rings is 1. The van der Waals surface area contributed by atoms with Gasteiger partial charge in [0.15, 0.2) is 0 Å². The average Bonchev–Trinajstić information content (AvgIpc) is 2.44. The molecule has 1 aromatic heterocycles. The van der Waals surface area contributed by atoms with Crippen molar-refractivity contribution >= 4 is 23.4 Å². The normalized spacial score (nSPS) is 10.7. The Morgan fingerprint density at radius 1 is 1.35 bits per heavy atom. The number of aromatic amines is 1. The van der Waals surface area contributed by atoms with Crippen LogP contribution in [0.1, 0.15) is 18.4 Å². The first-order chi connectivity index (χ1) is 9.67.